The number of nitrogens with zero attached hydrogens (tertiary/aromatic N) is 1. The molecule has 132 valence electrons. The van der Waals surface area contributed by atoms with Crippen molar-refractivity contribution < 1.29 is 24.2 Å². The molecule has 1 N–H and O–H groups in total. The van der Waals surface area contributed by atoms with E-state index < -0.39 is 17.8 Å². The topological polar surface area (TPSA) is 83.9 Å². The fraction of sp³-hybridized carbons (Fsp3) is 0.105. The summed E-state index contributed by atoms with van der Waals surface area (Å²) in [5.74, 6) is -1.85. The maximum atomic E-state index is 13.0. The van der Waals surface area contributed by atoms with Crippen molar-refractivity contribution in [2.45, 2.75) is 0 Å². The van der Waals surface area contributed by atoms with Gasteiger partial charge in [0.2, 0.25) is 5.91 Å². The highest BCUT2D eigenvalue weighted by molar-refractivity contribution is 9.09. The quantitative estimate of drug-likeness (QED) is 0.470. The van der Waals surface area contributed by atoms with E-state index in [1.54, 1.807) is 12.1 Å². The Hall–Kier alpha value is -2.93. The number of alkyl halides is 1. The second-order valence-corrected chi connectivity index (χ2v) is 6.04. The van der Waals surface area contributed by atoms with E-state index >= 15 is 0 Å². The Balaban J connectivity index is 2.29. The summed E-state index contributed by atoms with van der Waals surface area (Å²) >= 11 is 3.06. The van der Waals surface area contributed by atoms with Crippen LogP contribution in [0.15, 0.2) is 48.5 Å². The van der Waals surface area contributed by atoms with Gasteiger partial charge in [-0.05, 0) is 12.1 Å². The van der Waals surface area contributed by atoms with Gasteiger partial charge in [-0.2, -0.15) is 0 Å². The van der Waals surface area contributed by atoms with Crippen LogP contribution in [-0.2, 0) is 14.3 Å². The van der Waals surface area contributed by atoms with Gasteiger partial charge in [-0.1, -0.05) is 52.3 Å². The van der Waals surface area contributed by atoms with E-state index in [1.807, 2.05) is 18.2 Å². The van der Waals surface area contributed by atoms with Crippen molar-refractivity contribution in [3.63, 3.8) is 0 Å². The van der Waals surface area contributed by atoms with E-state index in [0.717, 1.165) is 4.90 Å². The Labute approximate surface area is 157 Å². The number of carbonyl (C=O) groups excluding carboxylic acids is 2. The van der Waals surface area contributed by atoms with E-state index in [-0.39, 0.29) is 22.2 Å². The number of amides is 2. The van der Waals surface area contributed by atoms with Gasteiger partial charge in [0.1, 0.15) is 5.76 Å². The summed E-state index contributed by atoms with van der Waals surface area (Å²) in [6.07, 6.45) is 0. The van der Waals surface area contributed by atoms with Crippen molar-refractivity contribution in [1.82, 2.24) is 0 Å². The van der Waals surface area contributed by atoms with Gasteiger partial charge in [-0.15, -0.1) is 0 Å². The second kappa shape index (κ2) is 7.13. The molecule has 26 heavy (non-hydrogen) atoms. The molecular formula is C19H14BrNO5. The van der Waals surface area contributed by atoms with Crippen LogP contribution in [0.4, 0.5) is 5.69 Å². The lowest BCUT2D eigenvalue weighted by atomic mass is 10.0. The Kier molecular flexibility index (Phi) is 4.90. The summed E-state index contributed by atoms with van der Waals surface area (Å²) in [6, 6.07) is 13.3. The molecule has 1 aliphatic heterocycles. The average Bonchev–Trinajstić information content (AvgIpc) is 2.94. The van der Waals surface area contributed by atoms with Crippen LogP contribution in [0.5, 0.6) is 0 Å². The van der Waals surface area contributed by atoms with Crippen molar-refractivity contribution in [3.8, 4) is 0 Å². The number of anilines is 1. The molecule has 0 aromatic heterocycles. The molecule has 0 unspecified atom stereocenters. The summed E-state index contributed by atoms with van der Waals surface area (Å²) in [5.41, 5.74) is 1.58. The van der Waals surface area contributed by atoms with Crippen LogP contribution < -0.4 is 4.90 Å². The molecule has 2 amide bonds. The lowest BCUT2D eigenvalue weighted by Crippen LogP contribution is -2.34. The van der Waals surface area contributed by atoms with Gasteiger partial charge in [-0.25, -0.2) is 9.69 Å². The normalized spacial score (nSPS) is 14.8. The maximum absolute atomic E-state index is 13.0. The Morgan fingerprint density at radius 1 is 1.12 bits per heavy atom. The van der Waals surface area contributed by atoms with Gasteiger partial charge in [0.25, 0.3) is 5.91 Å². The summed E-state index contributed by atoms with van der Waals surface area (Å²) in [6.45, 7) is 0. The number of aromatic carboxylic acids is 1. The van der Waals surface area contributed by atoms with Crippen molar-refractivity contribution in [2.75, 3.05) is 17.3 Å². The van der Waals surface area contributed by atoms with Crippen LogP contribution >= 0.6 is 15.9 Å². The number of halogens is 1. The molecule has 2 aromatic carbocycles. The zero-order chi connectivity index (χ0) is 18.8. The summed E-state index contributed by atoms with van der Waals surface area (Å²) in [5, 5.41) is 9.16. The molecule has 0 aliphatic carbocycles. The smallest absolute Gasteiger partial charge is 0.335 e. The lowest BCUT2D eigenvalue weighted by molar-refractivity contribution is -0.121. The predicted molar refractivity (Wildman–Crippen MR) is 100.0 cm³/mol. The summed E-state index contributed by atoms with van der Waals surface area (Å²) < 4.78 is 5.48. The molecule has 1 heterocycles. The fourth-order valence-corrected chi connectivity index (χ4v) is 3.13. The molecule has 6 nitrogen and oxygen atoms in total. The first-order valence-corrected chi connectivity index (χ1v) is 8.76. The third-order valence-electron chi connectivity index (χ3n) is 4.00. The molecule has 0 saturated heterocycles. The van der Waals surface area contributed by atoms with Gasteiger partial charge in [0.05, 0.1) is 29.3 Å². The van der Waals surface area contributed by atoms with Gasteiger partial charge >= 0.3 is 5.97 Å². The molecule has 0 radical (unpaired) electrons. The van der Waals surface area contributed by atoms with E-state index in [2.05, 4.69) is 15.9 Å². The SMILES string of the molecule is COC(=C1C(=O)N(C(=O)CBr)c2cc(C(=O)O)ccc21)c1ccccc1. The van der Waals surface area contributed by atoms with E-state index in [9.17, 15) is 19.5 Å². The van der Waals surface area contributed by atoms with Gasteiger partial charge < -0.3 is 9.84 Å². The lowest BCUT2D eigenvalue weighted by Gasteiger charge is -2.14. The largest absolute Gasteiger partial charge is 0.495 e. The van der Waals surface area contributed by atoms with E-state index in [0.29, 0.717) is 16.9 Å². The van der Waals surface area contributed by atoms with E-state index in [1.165, 1.54) is 25.3 Å². The third kappa shape index (κ3) is 2.90. The zero-order valence-corrected chi connectivity index (χ0v) is 15.3. The minimum absolute atomic E-state index is 0.0103. The van der Waals surface area contributed by atoms with Crippen LogP contribution in [0.25, 0.3) is 11.3 Å². The monoisotopic (exact) mass is 415 g/mol. The van der Waals surface area contributed by atoms with Gasteiger partial charge in [-0.3, -0.25) is 9.59 Å². The zero-order valence-electron chi connectivity index (χ0n) is 13.7. The molecular weight excluding hydrogens is 402 g/mol. The van der Waals surface area contributed by atoms with E-state index in [4.69, 9.17) is 4.74 Å². The Morgan fingerprint density at radius 2 is 1.81 bits per heavy atom. The van der Waals surface area contributed by atoms with Crippen molar-refractivity contribution in [3.05, 3.63) is 65.2 Å². The number of rotatable bonds is 4. The molecule has 1 aliphatic rings. The fourth-order valence-electron chi connectivity index (χ4n) is 2.88. The number of hydrogen-bond acceptors (Lipinski definition) is 4. The standard InChI is InChI=1S/C19H14BrNO5/c1-26-17(11-5-3-2-4-6-11)16-13-8-7-12(19(24)25)9-14(13)21(18(16)23)15(22)10-20/h2-9H,10H2,1H3,(H,24,25). The second-order valence-electron chi connectivity index (χ2n) is 5.48. The molecule has 0 spiro atoms. The number of ether oxygens (including phenoxy) is 1. The molecule has 0 atom stereocenters. The molecule has 0 bridgehead atoms. The summed E-state index contributed by atoms with van der Waals surface area (Å²) in [4.78, 5) is 37.6. The van der Waals surface area contributed by atoms with Crippen LogP contribution in [0.2, 0.25) is 0 Å². The molecule has 0 saturated carbocycles. The number of carboxylic acid groups (broad SMARTS) is 1. The Morgan fingerprint density at radius 3 is 2.38 bits per heavy atom. The van der Waals surface area contributed by atoms with Crippen LogP contribution in [0.3, 0.4) is 0 Å². The van der Waals surface area contributed by atoms with Gasteiger partial charge in [0.15, 0.2) is 0 Å². The first kappa shape index (κ1) is 17.9. The first-order chi connectivity index (χ1) is 12.5. The van der Waals surface area contributed by atoms with Gasteiger partial charge in [0, 0.05) is 11.1 Å². The minimum atomic E-state index is -1.14. The Bertz CT molecular complexity index is 936. The van der Waals surface area contributed by atoms with Crippen LogP contribution in [-0.4, -0.2) is 35.3 Å². The third-order valence-corrected chi connectivity index (χ3v) is 4.48. The predicted octanol–water partition coefficient (Wildman–Crippen LogP) is 3.17. The van der Waals surface area contributed by atoms with Crippen molar-refractivity contribution in [1.29, 1.82) is 0 Å². The first-order valence-electron chi connectivity index (χ1n) is 7.64. The highest BCUT2D eigenvalue weighted by atomic mass is 79.9. The molecule has 0 fully saturated rings. The van der Waals surface area contributed by atoms with Crippen molar-refractivity contribution >= 4 is 50.7 Å². The number of carboxylic acids is 1. The number of imide groups is 1. The van der Waals surface area contributed by atoms with Crippen LogP contribution in [0, 0.1) is 0 Å². The number of fused-ring (bicyclic) bond motifs is 1. The summed E-state index contributed by atoms with van der Waals surface area (Å²) in [7, 11) is 1.45. The van der Waals surface area contributed by atoms with Crippen LogP contribution in [0.1, 0.15) is 21.5 Å². The molecule has 2 aromatic rings. The average molecular weight is 416 g/mol. The maximum Gasteiger partial charge on any atom is 0.335 e. The molecule has 3 rings (SSSR count). The molecule has 7 heteroatoms. The highest BCUT2D eigenvalue weighted by Gasteiger charge is 2.39. The number of carbonyl (C=O) groups is 3. The number of hydrogen-bond donors (Lipinski definition) is 1. The highest BCUT2D eigenvalue weighted by Crippen LogP contribution is 2.41. The number of methoxy groups -OCH3 is 1. The minimum Gasteiger partial charge on any atom is -0.495 e. The van der Waals surface area contributed by atoms with Crippen molar-refractivity contribution in [2.24, 2.45) is 0 Å². The number of benzene rings is 2.